The van der Waals surface area contributed by atoms with Crippen LogP contribution in [0.2, 0.25) is 0 Å². The smallest absolute Gasteiger partial charge is 0.413 e. The largest absolute Gasteiger partial charge is 0.480 e. The van der Waals surface area contributed by atoms with Crippen molar-refractivity contribution in [1.29, 1.82) is 0 Å². The first kappa shape index (κ1) is 11.5. The molecular formula is C9H8BrNO4. The molecule has 0 aromatic heterocycles. The molecule has 1 aromatic carbocycles. The van der Waals surface area contributed by atoms with Gasteiger partial charge in [0.25, 0.3) is 0 Å². The molecule has 0 spiro atoms. The van der Waals surface area contributed by atoms with Gasteiger partial charge in [0.2, 0.25) is 0 Å². The van der Waals surface area contributed by atoms with Crippen molar-refractivity contribution in [1.82, 2.24) is 5.32 Å². The number of rotatable bonds is 3. The predicted octanol–water partition coefficient (Wildman–Crippen LogP) is 1.62. The van der Waals surface area contributed by atoms with Crippen molar-refractivity contribution in [3.8, 4) is 5.75 Å². The number of carbonyl (C=O) groups excluding carboxylic acids is 1. The van der Waals surface area contributed by atoms with Crippen LogP contribution in [0.25, 0.3) is 0 Å². The fraction of sp³-hybridized carbons (Fsp3) is 0.111. The summed E-state index contributed by atoms with van der Waals surface area (Å²) >= 11 is 3.18. The number of benzene rings is 1. The Hall–Kier alpha value is -1.56. The number of carbonyl (C=O) groups is 2. The Labute approximate surface area is 94.2 Å². The summed E-state index contributed by atoms with van der Waals surface area (Å²) in [6.45, 7) is -0.469. The lowest BCUT2D eigenvalue weighted by Crippen LogP contribution is -2.31. The number of carboxylic acids is 1. The molecule has 0 fully saturated rings. The van der Waals surface area contributed by atoms with Crippen LogP contribution in [-0.2, 0) is 4.79 Å². The van der Waals surface area contributed by atoms with Crippen LogP contribution in [0.15, 0.2) is 28.7 Å². The van der Waals surface area contributed by atoms with Crippen molar-refractivity contribution < 1.29 is 19.4 Å². The summed E-state index contributed by atoms with van der Waals surface area (Å²) in [5, 5.41) is 10.4. The van der Waals surface area contributed by atoms with Crippen molar-refractivity contribution in [2.45, 2.75) is 0 Å². The van der Waals surface area contributed by atoms with Crippen molar-refractivity contribution >= 4 is 28.0 Å². The predicted molar refractivity (Wildman–Crippen MR) is 55.8 cm³/mol. The van der Waals surface area contributed by atoms with Crippen molar-refractivity contribution in [2.24, 2.45) is 0 Å². The Kier molecular flexibility index (Phi) is 4.11. The van der Waals surface area contributed by atoms with Crippen LogP contribution in [0.5, 0.6) is 5.75 Å². The first-order chi connectivity index (χ1) is 7.09. The number of hydrogen-bond donors (Lipinski definition) is 2. The van der Waals surface area contributed by atoms with E-state index in [0.29, 0.717) is 10.2 Å². The second kappa shape index (κ2) is 5.35. The number of halogens is 1. The molecule has 15 heavy (non-hydrogen) atoms. The monoisotopic (exact) mass is 273 g/mol. The molecule has 80 valence electrons. The molecule has 5 nitrogen and oxygen atoms in total. The molecule has 2 N–H and O–H groups in total. The number of para-hydroxylation sites is 1. The van der Waals surface area contributed by atoms with Gasteiger partial charge in [-0.05, 0) is 28.1 Å². The van der Waals surface area contributed by atoms with E-state index < -0.39 is 18.6 Å². The number of hydrogen-bond acceptors (Lipinski definition) is 3. The van der Waals surface area contributed by atoms with E-state index in [-0.39, 0.29) is 0 Å². The molecule has 0 radical (unpaired) electrons. The SMILES string of the molecule is O=C(O)CNC(=O)Oc1ccccc1Br. The summed E-state index contributed by atoms with van der Waals surface area (Å²) in [5.41, 5.74) is 0. The average Bonchev–Trinajstić information content (AvgIpc) is 2.18. The second-order valence-electron chi connectivity index (χ2n) is 2.57. The molecule has 0 atom stereocenters. The molecule has 0 saturated heterocycles. The third kappa shape index (κ3) is 3.99. The Morgan fingerprint density at radius 3 is 2.67 bits per heavy atom. The molecule has 0 bridgehead atoms. The lowest BCUT2D eigenvalue weighted by Gasteiger charge is -2.05. The van der Waals surface area contributed by atoms with Gasteiger partial charge in [0.15, 0.2) is 0 Å². The summed E-state index contributed by atoms with van der Waals surface area (Å²) in [7, 11) is 0. The molecule has 0 aliphatic heterocycles. The summed E-state index contributed by atoms with van der Waals surface area (Å²) in [6.07, 6.45) is -0.802. The molecule has 0 aliphatic rings. The minimum absolute atomic E-state index is 0.334. The number of amides is 1. The molecule has 0 aliphatic carbocycles. The normalized spacial score (nSPS) is 9.40. The van der Waals surface area contributed by atoms with Crippen LogP contribution < -0.4 is 10.1 Å². The zero-order valence-corrected chi connectivity index (χ0v) is 9.15. The summed E-state index contributed by atoms with van der Waals surface area (Å²) in [6, 6.07) is 6.76. The van der Waals surface area contributed by atoms with Gasteiger partial charge in [-0.1, -0.05) is 12.1 Å². The Bertz CT molecular complexity index is 380. The zero-order chi connectivity index (χ0) is 11.3. The first-order valence-corrected chi connectivity index (χ1v) is 4.81. The first-order valence-electron chi connectivity index (χ1n) is 4.01. The molecular weight excluding hydrogens is 266 g/mol. The lowest BCUT2D eigenvalue weighted by molar-refractivity contribution is -0.135. The molecule has 6 heteroatoms. The maximum Gasteiger partial charge on any atom is 0.413 e. The Morgan fingerprint density at radius 2 is 2.07 bits per heavy atom. The number of aliphatic carboxylic acids is 1. The van der Waals surface area contributed by atoms with E-state index in [1.165, 1.54) is 0 Å². The zero-order valence-electron chi connectivity index (χ0n) is 7.57. The van der Waals surface area contributed by atoms with Gasteiger partial charge < -0.3 is 15.2 Å². The highest BCUT2D eigenvalue weighted by atomic mass is 79.9. The van der Waals surface area contributed by atoms with Gasteiger partial charge >= 0.3 is 12.1 Å². The third-order valence-electron chi connectivity index (χ3n) is 1.42. The van der Waals surface area contributed by atoms with E-state index in [9.17, 15) is 9.59 Å². The van der Waals surface area contributed by atoms with E-state index in [0.717, 1.165) is 0 Å². The lowest BCUT2D eigenvalue weighted by atomic mass is 10.3. The molecule has 0 heterocycles. The number of ether oxygens (including phenoxy) is 1. The van der Waals surface area contributed by atoms with Crippen LogP contribution in [0.4, 0.5) is 4.79 Å². The highest BCUT2D eigenvalue weighted by molar-refractivity contribution is 9.10. The maximum absolute atomic E-state index is 11.1. The van der Waals surface area contributed by atoms with Gasteiger partial charge in [-0.25, -0.2) is 4.79 Å². The molecule has 1 aromatic rings. The summed E-state index contributed by atoms with van der Waals surface area (Å²) in [4.78, 5) is 21.2. The van der Waals surface area contributed by atoms with Crippen LogP contribution in [0.1, 0.15) is 0 Å². The van der Waals surface area contributed by atoms with Crippen molar-refractivity contribution in [2.75, 3.05) is 6.54 Å². The average molecular weight is 274 g/mol. The Morgan fingerprint density at radius 1 is 1.40 bits per heavy atom. The van der Waals surface area contributed by atoms with Crippen LogP contribution in [-0.4, -0.2) is 23.7 Å². The van der Waals surface area contributed by atoms with Gasteiger partial charge in [-0.2, -0.15) is 0 Å². The van der Waals surface area contributed by atoms with Crippen LogP contribution in [0.3, 0.4) is 0 Å². The van der Waals surface area contributed by atoms with Crippen molar-refractivity contribution in [3.05, 3.63) is 28.7 Å². The van der Waals surface area contributed by atoms with E-state index in [1.807, 2.05) is 0 Å². The highest BCUT2D eigenvalue weighted by Gasteiger charge is 2.07. The molecule has 0 unspecified atom stereocenters. The van der Waals surface area contributed by atoms with Crippen LogP contribution in [0, 0.1) is 0 Å². The van der Waals surface area contributed by atoms with E-state index in [2.05, 4.69) is 21.2 Å². The standard InChI is InChI=1S/C9H8BrNO4/c10-6-3-1-2-4-7(6)15-9(14)11-5-8(12)13/h1-4H,5H2,(H,11,14)(H,12,13). The maximum atomic E-state index is 11.1. The van der Waals surface area contributed by atoms with Gasteiger partial charge in [0.05, 0.1) is 4.47 Å². The topological polar surface area (TPSA) is 75.6 Å². The molecule has 1 amide bonds. The van der Waals surface area contributed by atoms with E-state index in [4.69, 9.17) is 9.84 Å². The minimum Gasteiger partial charge on any atom is -0.480 e. The van der Waals surface area contributed by atoms with E-state index >= 15 is 0 Å². The number of nitrogens with one attached hydrogen (secondary N) is 1. The Balaban J connectivity index is 2.52. The fourth-order valence-electron chi connectivity index (χ4n) is 0.811. The quantitative estimate of drug-likeness (QED) is 0.878. The van der Waals surface area contributed by atoms with Gasteiger partial charge in [-0.3, -0.25) is 4.79 Å². The fourth-order valence-corrected chi connectivity index (χ4v) is 1.18. The second-order valence-corrected chi connectivity index (χ2v) is 3.42. The molecule has 1 rings (SSSR count). The van der Waals surface area contributed by atoms with Gasteiger partial charge in [-0.15, -0.1) is 0 Å². The van der Waals surface area contributed by atoms with Crippen molar-refractivity contribution in [3.63, 3.8) is 0 Å². The van der Waals surface area contributed by atoms with Gasteiger partial charge in [0.1, 0.15) is 12.3 Å². The third-order valence-corrected chi connectivity index (χ3v) is 2.08. The summed E-state index contributed by atoms with van der Waals surface area (Å²) < 4.78 is 5.46. The van der Waals surface area contributed by atoms with Gasteiger partial charge in [0, 0.05) is 0 Å². The summed E-state index contributed by atoms with van der Waals surface area (Å²) in [5.74, 6) is -0.792. The van der Waals surface area contributed by atoms with Crippen LogP contribution >= 0.6 is 15.9 Å². The minimum atomic E-state index is -1.13. The van der Waals surface area contributed by atoms with E-state index in [1.54, 1.807) is 24.3 Å². The number of carboxylic acid groups (broad SMARTS) is 1. The highest BCUT2D eigenvalue weighted by Crippen LogP contribution is 2.23. The molecule has 0 saturated carbocycles.